The molecule has 0 aliphatic carbocycles. The lowest BCUT2D eigenvalue weighted by Crippen LogP contribution is -2.50. The van der Waals surface area contributed by atoms with Gasteiger partial charge in [-0.25, -0.2) is 19.4 Å². The number of ether oxygens (including phenoxy) is 1. The first kappa shape index (κ1) is 20.5. The zero-order chi connectivity index (χ0) is 21.8. The first-order chi connectivity index (χ1) is 15.0. The molecule has 9 heteroatoms. The smallest absolute Gasteiger partial charge is 0.342 e. The van der Waals surface area contributed by atoms with Gasteiger partial charge in [-0.1, -0.05) is 18.2 Å². The highest BCUT2D eigenvalue weighted by atomic mass is 16.5. The van der Waals surface area contributed by atoms with E-state index in [1.54, 1.807) is 35.0 Å². The molecule has 0 spiro atoms. The van der Waals surface area contributed by atoms with E-state index in [0.29, 0.717) is 49.1 Å². The molecule has 0 saturated carbocycles. The molecule has 3 aromatic rings. The summed E-state index contributed by atoms with van der Waals surface area (Å²) in [6, 6.07) is 11.3. The molecule has 31 heavy (non-hydrogen) atoms. The van der Waals surface area contributed by atoms with Crippen LogP contribution in [0, 0.1) is 13.8 Å². The molecule has 0 bridgehead atoms. The van der Waals surface area contributed by atoms with E-state index in [-0.39, 0.29) is 12.5 Å². The molecule has 3 heterocycles. The van der Waals surface area contributed by atoms with Crippen molar-refractivity contribution in [2.75, 3.05) is 37.7 Å². The Labute approximate surface area is 180 Å². The van der Waals surface area contributed by atoms with Crippen LogP contribution in [0.2, 0.25) is 0 Å². The standard InChI is InChI=1S/C22H24N6O3/c1-16-20(17(2)28(25-16)18-7-4-3-5-8-18)21(30)31-15-19(29)26-11-13-27(14-12-26)22-23-9-6-10-24-22/h3-10H,11-15H2,1-2H3. The largest absolute Gasteiger partial charge is 0.452 e. The van der Waals surface area contributed by atoms with Crippen molar-refractivity contribution in [1.29, 1.82) is 0 Å². The van der Waals surface area contributed by atoms with Crippen molar-refractivity contribution < 1.29 is 14.3 Å². The molecule has 4 rings (SSSR count). The predicted molar refractivity (Wildman–Crippen MR) is 114 cm³/mol. The number of piperazine rings is 1. The van der Waals surface area contributed by atoms with Gasteiger partial charge in [0.25, 0.3) is 5.91 Å². The SMILES string of the molecule is Cc1nn(-c2ccccc2)c(C)c1C(=O)OCC(=O)N1CCN(c2ncccn2)CC1. The van der Waals surface area contributed by atoms with Crippen LogP contribution < -0.4 is 4.90 Å². The highest BCUT2D eigenvalue weighted by Crippen LogP contribution is 2.19. The Morgan fingerprint density at radius 3 is 2.32 bits per heavy atom. The Kier molecular flexibility index (Phi) is 5.92. The summed E-state index contributed by atoms with van der Waals surface area (Å²) in [5.74, 6) is -0.100. The van der Waals surface area contributed by atoms with Crippen LogP contribution in [0.15, 0.2) is 48.8 Å². The average Bonchev–Trinajstić information content (AvgIpc) is 3.12. The second-order valence-corrected chi connectivity index (χ2v) is 7.29. The molecule has 1 aromatic carbocycles. The zero-order valence-corrected chi connectivity index (χ0v) is 17.6. The van der Waals surface area contributed by atoms with Crippen LogP contribution in [0.25, 0.3) is 5.69 Å². The van der Waals surface area contributed by atoms with E-state index in [1.807, 2.05) is 42.2 Å². The van der Waals surface area contributed by atoms with Crippen LogP contribution >= 0.6 is 0 Å². The normalized spacial score (nSPS) is 13.9. The van der Waals surface area contributed by atoms with Gasteiger partial charge in [-0.15, -0.1) is 0 Å². The van der Waals surface area contributed by atoms with Crippen LogP contribution in [0.1, 0.15) is 21.7 Å². The number of anilines is 1. The van der Waals surface area contributed by atoms with Gasteiger partial charge in [-0.05, 0) is 32.0 Å². The molecule has 160 valence electrons. The fraction of sp³-hybridized carbons (Fsp3) is 0.318. The van der Waals surface area contributed by atoms with Crippen molar-refractivity contribution in [2.24, 2.45) is 0 Å². The first-order valence-corrected chi connectivity index (χ1v) is 10.1. The second-order valence-electron chi connectivity index (χ2n) is 7.29. The number of carbonyl (C=O) groups is 2. The summed E-state index contributed by atoms with van der Waals surface area (Å²) in [7, 11) is 0. The topological polar surface area (TPSA) is 93.5 Å². The highest BCUT2D eigenvalue weighted by molar-refractivity contribution is 5.93. The number of hydrogen-bond acceptors (Lipinski definition) is 7. The van der Waals surface area contributed by atoms with Crippen molar-refractivity contribution >= 4 is 17.8 Å². The van der Waals surface area contributed by atoms with Gasteiger partial charge in [0.2, 0.25) is 5.95 Å². The van der Waals surface area contributed by atoms with Gasteiger partial charge in [-0.2, -0.15) is 5.10 Å². The van der Waals surface area contributed by atoms with E-state index in [0.717, 1.165) is 5.69 Å². The molecule has 0 radical (unpaired) electrons. The van der Waals surface area contributed by atoms with Crippen LogP contribution in [-0.2, 0) is 9.53 Å². The molecule has 0 N–H and O–H groups in total. The van der Waals surface area contributed by atoms with Crippen molar-refractivity contribution in [2.45, 2.75) is 13.8 Å². The van der Waals surface area contributed by atoms with E-state index < -0.39 is 5.97 Å². The number of amides is 1. The summed E-state index contributed by atoms with van der Waals surface area (Å²) >= 11 is 0. The summed E-state index contributed by atoms with van der Waals surface area (Å²) in [5, 5.41) is 4.46. The maximum Gasteiger partial charge on any atom is 0.342 e. The van der Waals surface area contributed by atoms with Crippen LogP contribution in [0.3, 0.4) is 0 Å². The minimum atomic E-state index is -0.540. The molecule has 0 atom stereocenters. The number of rotatable bonds is 5. The maximum atomic E-state index is 12.7. The molecule has 2 aromatic heterocycles. The number of carbonyl (C=O) groups excluding carboxylic acids is 2. The van der Waals surface area contributed by atoms with E-state index in [4.69, 9.17) is 4.74 Å². The minimum absolute atomic E-state index is 0.215. The number of hydrogen-bond donors (Lipinski definition) is 0. The lowest BCUT2D eigenvalue weighted by molar-refractivity contribution is -0.134. The zero-order valence-electron chi connectivity index (χ0n) is 17.6. The Morgan fingerprint density at radius 1 is 0.968 bits per heavy atom. The third-order valence-electron chi connectivity index (χ3n) is 5.29. The number of esters is 1. The van der Waals surface area contributed by atoms with Gasteiger partial charge in [0.05, 0.1) is 17.1 Å². The number of benzene rings is 1. The van der Waals surface area contributed by atoms with Gasteiger partial charge in [0, 0.05) is 38.6 Å². The lowest BCUT2D eigenvalue weighted by Gasteiger charge is -2.34. The Bertz CT molecular complexity index is 1060. The van der Waals surface area contributed by atoms with Crippen molar-refractivity contribution in [3.05, 3.63) is 65.7 Å². The van der Waals surface area contributed by atoms with Gasteiger partial charge < -0.3 is 14.5 Å². The fourth-order valence-corrected chi connectivity index (χ4v) is 3.66. The molecule has 1 saturated heterocycles. The maximum absolute atomic E-state index is 12.7. The Morgan fingerprint density at radius 2 is 1.65 bits per heavy atom. The number of aryl methyl sites for hydroxylation is 1. The first-order valence-electron chi connectivity index (χ1n) is 10.1. The van der Waals surface area contributed by atoms with Crippen LogP contribution in [-0.4, -0.2) is 69.3 Å². The van der Waals surface area contributed by atoms with Gasteiger partial charge in [0.1, 0.15) is 5.56 Å². The molecule has 1 amide bonds. The Hall–Kier alpha value is -3.75. The van der Waals surface area contributed by atoms with Gasteiger partial charge in [-0.3, -0.25) is 4.79 Å². The average molecular weight is 420 g/mol. The number of para-hydroxylation sites is 1. The molecule has 1 aliphatic heterocycles. The Balaban J connectivity index is 1.34. The summed E-state index contributed by atoms with van der Waals surface area (Å²) in [4.78, 5) is 37.4. The monoisotopic (exact) mass is 420 g/mol. The van der Waals surface area contributed by atoms with Gasteiger partial charge in [0.15, 0.2) is 6.61 Å². The van der Waals surface area contributed by atoms with E-state index in [1.165, 1.54) is 0 Å². The van der Waals surface area contributed by atoms with Gasteiger partial charge >= 0.3 is 5.97 Å². The van der Waals surface area contributed by atoms with E-state index in [2.05, 4.69) is 15.1 Å². The van der Waals surface area contributed by atoms with E-state index in [9.17, 15) is 9.59 Å². The summed E-state index contributed by atoms with van der Waals surface area (Å²) in [6.45, 7) is 5.59. The summed E-state index contributed by atoms with van der Waals surface area (Å²) in [6.07, 6.45) is 3.40. The highest BCUT2D eigenvalue weighted by Gasteiger charge is 2.25. The quantitative estimate of drug-likeness (QED) is 0.581. The van der Waals surface area contributed by atoms with Crippen molar-refractivity contribution in [1.82, 2.24) is 24.6 Å². The van der Waals surface area contributed by atoms with Crippen molar-refractivity contribution in [3.63, 3.8) is 0 Å². The molecule has 0 unspecified atom stereocenters. The molecule has 1 fully saturated rings. The third-order valence-corrected chi connectivity index (χ3v) is 5.29. The molecule has 1 aliphatic rings. The predicted octanol–water partition coefficient (Wildman–Crippen LogP) is 1.78. The molecule has 9 nitrogen and oxygen atoms in total. The molecular formula is C22H24N6O3. The third kappa shape index (κ3) is 4.40. The minimum Gasteiger partial charge on any atom is -0.452 e. The van der Waals surface area contributed by atoms with Crippen LogP contribution in [0.4, 0.5) is 5.95 Å². The van der Waals surface area contributed by atoms with Crippen molar-refractivity contribution in [3.8, 4) is 5.69 Å². The lowest BCUT2D eigenvalue weighted by atomic mass is 10.2. The number of nitrogens with zero attached hydrogens (tertiary/aromatic N) is 6. The van der Waals surface area contributed by atoms with E-state index >= 15 is 0 Å². The molecular weight excluding hydrogens is 396 g/mol. The van der Waals surface area contributed by atoms with Crippen LogP contribution in [0.5, 0.6) is 0 Å². The summed E-state index contributed by atoms with van der Waals surface area (Å²) < 4.78 is 7.05. The fourth-order valence-electron chi connectivity index (χ4n) is 3.66. The second kappa shape index (κ2) is 8.95. The summed E-state index contributed by atoms with van der Waals surface area (Å²) in [5.41, 5.74) is 2.49. The number of aromatic nitrogens is 4.